The summed E-state index contributed by atoms with van der Waals surface area (Å²) in [6, 6.07) is 3.61. The van der Waals surface area contributed by atoms with Gasteiger partial charge in [-0.05, 0) is 32.0 Å². The predicted molar refractivity (Wildman–Crippen MR) is 61.1 cm³/mol. The van der Waals surface area contributed by atoms with Crippen LogP contribution in [-0.4, -0.2) is 18.6 Å². The van der Waals surface area contributed by atoms with Gasteiger partial charge >= 0.3 is 5.97 Å². The lowest BCUT2D eigenvalue weighted by molar-refractivity contribution is -0.143. The van der Waals surface area contributed by atoms with Crippen molar-refractivity contribution in [2.24, 2.45) is 0 Å². The van der Waals surface area contributed by atoms with Crippen LogP contribution in [0.25, 0.3) is 0 Å². The van der Waals surface area contributed by atoms with Gasteiger partial charge in [-0.2, -0.15) is 0 Å². The SMILES string of the molecule is CCOC(=O)C(C)Nc1ccc(Cl)cc1F. The van der Waals surface area contributed by atoms with E-state index in [0.717, 1.165) is 0 Å². The number of carbonyl (C=O) groups excluding carboxylic acids is 1. The van der Waals surface area contributed by atoms with Gasteiger partial charge in [0.25, 0.3) is 0 Å². The Hall–Kier alpha value is -1.29. The van der Waals surface area contributed by atoms with E-state index in [1.165, 1.54) is 12.1 Å². The molecule has 3 nitrogen and oxygen atoms in total. The molecule has 1 rings (SSSR count). The topological polar surface area (TPSA) is 38.3 Å². The van der Waals surface area contributed by atoms with Crippen molar-refractivity contribution < 1.29 is 13.9 Å². The minimum absolute atomic E-state index is 0.227. The molecular formula is C11H13ClFNO2. The first-order chi connectivity index (χ1) is 7.54. The Morgan fingerprint density at radius 1 is 1.62 bits per heavy atom. The summed E-state index contributed by atoms with van der Waals surface area (Å²) in [4.78, 5) is 11.3. The average molecular weight is 246 g/mol. The van der Waals surface area contributed by atoms with Crippen LogP contribution in [0.2, 0.25) is 5.02 Å². The summed E-state index contributed by atoms with van der Waals surface area (Å²) in [6.45, 7) is 3.62. The van der Waals surface area contributed by atoms with Crippen molar-refractivity contribution in [3.63, 3.8) is 0 Å². The number of hydrogen-bond donors (Lipinski definition) is 1. The van der Waals surface area contributed by atoms with Crippen LogP contribution in [0.1, 0.15) is 13.8 Å². The number of rotatable bonds is 4. The molecule has 0 aliphatic rings. The van der Waals surface area contributed by atoms with Crippen LogP contribution in [0, 0.1) is 5.82 Å². The van der Waals surface area contributed by atoms with Crippen LogP contribution in [0.4, 0.5) is 10.1 Å². The van der Waals surface area contributed by atoms with Gasteiger partial charge in [0, 0.05) is 5.02 Å². The molecule has 1 atom stereocenters. The van der Waals surface area contributed by atoms with E-state index < -0.39 is 17.8 Å². The summed E-state index contributed by atoms with van der Waals surface area (Å²) >= 11 is 5.61. The molecule has 0 heterocycles. The molecule has 1 aromatic rings. The standard InChI is InChI=1S/C11H13ClFNO2/c1-3-16-11(15)7(2)14-10-5-4-8(12)6-9(10)13/h4-7,14H,3H2,1-2H3. The summed E-state index contributed by atoms with van der Waals surface area (Å²) in [6.07, 6.45) is 0. The molecule has 0 aliphatic carbocycles. The number of esters is 1. The van der Waals surface area contributed by atoms with Gasteiger partial charge in [0.2, 0.25) is 0 Å². The van der Waals surface area contributed by atoms with E-state index in [9.17, 15) is 9.18 Å². The fourth-order valence-electron chi connectivity index (χ4n) is 1.17. The van der Waals surface area contributed by atoms with E-state index in [4.69, 9.17) is 16.3 Å². The van der Waals surface area contributed by atoms with Crippen molar-refractivity contribution in [1.29, 1.82) is 0 Å². The van der Waals surface area contributed by atoms with Gasteiger partial charge in [0.05, 0.1) is 12.3 Å². The molecule has 88 valence electrons. The summed E-state index contributed by atoms with van der Waals surface area (Å²) < 4.78 is 18.2. The average Bonchev–Trinajstić information content (AvgIpc) is 2.22. The first-order valence-electron chi connectivity index (χ1n) is 4.92. The molecule has 0 fully saturated rings. The van der Waals surface area contributed by atoms with E-state index in [2.05, 4.69) is 5.32 Å². The second-order valence-electron chi connectivity index (χ2n) is 3.24. The number of halogens is 2. The van der Waals surface area contributed by atoms with Crippen molar-refractivity contribution in [2.45, 2.75) is 19.9 Å². The quantitative estimate of drug-likeness (QED) is 0.829. The molecule has 0 saturated heterocycles. The Morgan fingerprint density at radius 3 is 2.88 bits per heavy atom. The van der Waals surface area contributed by atoms with Crippen LogP contribution in [-0.2, 0) is 9.53 Å². The van der Waals surface area contributed by atoms with Crippen molar-refractivity contribution in [3.8, 4) is 0 Å². The van der Waals surface area contributed by atoms with E-state index in [0.29, 0.717) is 11.6 Å². The van der Waals surface area contributed by atoms with Gasteiger partial charge in [-0.1, -0.05) is 11.6 Å². The molecule has 0 radical (unpaired) electrons. The third-order valence-corrected chi connectivity index (χ3v) is 2.18. The molecule has 0 amide bonds. The van der Waals surface area contributed by atoms with Gasteiger partial charge in [0.15, 0.2) is 0 Å². The van der Waals surface area contributed by atoms with Crippen LogP contribution in [0.3, 0.4) is 0 Å². The second kappa shape index (κ2) is 5.70. The smallest absolute Gasteiger partial charge is 0.328 e. The molecule has 0 aromatic heterocycles. The Labute approximate surface area is 98.5 Å². The lowest BCUT2D eigenvalue weighted by Crippen LogP contribution is -2.28. The maximum absolute atomic E-state index is 13.4. The summed E-state index contributed by atoms with van der Waals surface area (Å²) in [5.41, 5.74) is 0.227. The third kappa shape index (κ3) is 3.38. The van der Waals surface area contributed by atoms with Gasteiger partial charge in [0.1, 0.15) is 11.9 Å². The van der Waals surface area contributed by atoms with E-state index in [1.807, 2.05) is 0 Å². The Balaban J connectivity index is 2.69. The van der Waals surface area contributed by atoms with Crippen LogP contribution in [0.5, 0.6) is 0 Å². The summed E-state index contributed by atoms with van der Waals surface area (Å²) in [5.74, 6) is -0.916. The van der Waals surface area contributed by atoms with Crippen LogP contribution < -0.4 is 5.32 Å². The molecular weight excluding hydrogens is 233 g/mol. The molecule has 0 saturated carbocycles. The van der Waals surface area contributed by atoms with Crippen molar-refractivity contribution in [1.82, 2.24) is 0 Å². The highest BCUT2D eigenvalue weighted by Gasteiger charge is 2.15. The maximum Gasteiger partial charge on any atom is 0.328 e. The highest BCUT2D eigenvalue weighted by Crippen LogP contribution is 2.19. The molecule has 0 aliphatic heterocycles. The minimum atomic E-state index is -0.601. The third-order valence-electron chi connectivity index (χ3n) is 1.94. The molecule has 0 spiro atoms. The number of benzene rings is 1. The Kier molecular flexibility index (Phi) is 4.55. The van der Waals surface area contributed by atoms with Gasteiger partial charge in [-0.25, -0.2) is 9.18 Å². The normalized spacial score (nSPS) is 12.0. The molecule has 1 unspecified atom stereocenters. The monoisotopic (exact) mass is 245 g/mol. The van der Waals surface area contributed by atoms with Gasteiger partial charge < -0.3 is 10.1 Å². The fraction of sp³-hybridized carbons (Fsp3) is 0.364. The minimum Gasteiger partial charge on any atom is -0.464 e. The van der Waals surface area contributed by atoms with Crippen molar-refractivity contribution in [2.75, 3.05) is 11.9 Å². The zero-order chi connectivity index (χ0) is 12.1. The van der Waals surface area contributed by atoms with Crippen molar-refractivity contribution >= 4 is 23.3 Å². The molecule has 5 heteroatoms. The summed E-state index contributed by atoms with van der Waals surface area (Å²) in [7, 11) is 0. The predicted octanol–water partition coefficient (Wildman–Crippen LogP) is 2.84. The molecule has 16 heavy (non-hydrogen) atoms. The summed E-state index contributed by atoms with van der Waals surface area (Å²) in [5, 5.41) is 3.03. The maximum atomic E-state index is 13.4. The van der Waals surface area contributed by atoms with E-state index >= 15 is 0 Å². The van der Waals surface area contributed by atoms with Gasteiger partial charge in [-0.15, -0.1) is 0 Å². The zero-order valence-electron chi connectivity index (χ0n) is 9.09. The lowest BCUT2D eigenvalue weighted by Gasteiger charge is -2.14. The van der Waals surface area contributed by atoms with Crippen LogP contribution >= 0.6 is 11.6 Å². The number of nitrogens with one attached hydrogen (secondary N) is 1. The number of hydrogen-bond acceptors (Lipinski definition) is 3. The largest absolute Gasteiger partial charge is 0.464 e. The fourth-order valence-corrected chi connectivity index (χ4v) is 1.32. The van der Waals surface area contributed by atoms with Crippen molar-refractivity contribution in [3.05, 3.63) is 29.0 Å². The number of ether oxygens (including phenoxy) is 1. The second-order valence-corrected chi connectivity index (χ2v) is 3.68. The molecule has 1 N–H and O–H groups in total. The number of carbonyl (C=O) groups is 1. The zero-order valence-corrected chi connectivity index (χ0v) is 9.84. The Bertz CT molecular complexity index is 384. The Morgan fingerprint density at radius 2 is 2.31 bits per heavy atom. The van der Waals surface area contributed by atoms with Crippen LogP contribution in [0.15, 0.2) is 18.2 Å². The molecule has 1 aromatic carbocycles. The highest BCUT2D eigenvalue weighted by molar-refractivity contribution is 6.30. The number of anilines is 1. The molecule has 0 bridgehead atoms. The van der Waals surface area contributed by atoms with E-state index in [1.54, 1.807) is 19.9 Å². The first-order valence-corrected chi connectivity index (χ1v) is 5.30. The van der Waals surface area contributed by atoms with E-state index in [-0.39, 0.29) is 5.69 Å². The first kappa shape index (κ1) is 12.8. The highest BCUT2D eigenvalue weighted by atomic mass is 35.5. The lowest BCUT2D eigenvalue weighted by atomic mass is 10.2. The van der Waals surface area contributed by atoms with Gasteiger partial charge in [-0.3, -0.25) is 0 Å².